The van der Waals surface area contributed by atoms with E-state index in [-0.39, 0.29) is 17.4 Å². The molecule has 0 aromatic heterocycles. The molecule has 6 heteroatoms. The highest BCUT2D eigenvalue weighted by Gasteiger charge is 2.23. The molecule has 3 N–H and O–H groups in total. The molecule has 1 aromatic carbocycles. The lowest BCUT2D eigenvalue weighted by Gasteiger charge is -2.33. The van der Waals surface area contributed by atoms with Gasteiger partial charge in [-0.05, 0) is 30.5 Å². The van der Waals surface area contributed by atoms with E-state index in [4.69, 9.17) is 16.3 Å². The molecule has 1 atom stereocenters. The van der Waals surface area contributed by atoms with Crippen molar-refractivity contribution < 1.29 is 4.79 Å². The summed E-state index contributed by atoms with van der Waals surface area (Å²) in [5, 5.41) is 20.2. The van der Waals surface area contributed by atoms with Crippen molar-refractivity contribution in [3.8, 4) is 12.1 Å². The Morgan fingerprint density at radius 3 is 2.65 bits per heavy atom. The van der Waals surface area contributed by atoms with E-state index in [0.29, 0.717) is 13.1 Å². The maximum atomic E-state index is 11.3. The van der Waals surface area contributed by atoms with Crippen LogP contribution in [-0.4, -0.2) is 19.0 Å². The number of rotatable bonds is 5. The maximum absolute atomic E-state index is 11.3. The van der Waals surface area contributed by atoms with Crippen molar-refractivity contribution in [1.82, 2.24) is 5.32 Å². The van der Waals surface area contributed by atoms with Crippen LogP contribution < -0.4 is 16.0 Å². The van der Waals surface area contributed by atoms with Crippen LogP contribution in [-0.2, 0) is 11.3 Å². The summed E-state index contributed by atoms with van der Waals surface area (Å²) in [5.41, 5.74) is 7.58. The highest BCUT2D eigenvalue weighted by Crippen LogP contribution is 2.23. The SMILES string of the molecule is N#CC(C#N)=CNCc1ccc(N2CCCC(C(N)=O)C2)cc1. The lowest BCUT2D eigenvalue weighted by Crippen LogP contribution is -2.41. The molecule has 0 radical (unpaired) electrons. The van der Waals surface area contributed by atoms with Crippen molar-refractivity contribution in [2.75, 3.05) is 18.0 Å². The molecule has 1 aliphatic heterocycles. The van der Waals surface area contributed by atoms with Crippen LogP contribution in [0, 0.1) is 28.6 Å². The number of benzene rings is 1. The summed E-state index contributed by atoms with van der Waals surface area (Å²) < 4.78 is 0. The number of anilines is 1. The fourth-order valence-corrected chi connectivity index (χ4v) is 2.63. The minimum atomic E-state index is -0.229. The van der Waals surface area contributed by atoms with Crippen LogP contribution in [0.15, 0.2) is 36.0 Å². The predicted octanol–water partition coefficient (Wildman–Crippen LogP) is 1.41. The molecule has 0 aliphatic carbocycles. The fraction of sp³-hybridized carbons (Fsp3) is 0.353. The first kappa shape index (κ1) is 16.4. The van der Waals surface area contributed by atoms with E-state index >= 15 is 0 Å². The summed E-state index contributed by atoms with van der Waals surface area (Å²) in [4.78, 5) is 13.5. The summed E-state index contributed by atoms with van der Waals surface area (Å²) in [6.07, 6.45) is 3.24. The van der Waals surface area contributed by atoms with Crippen LogP contribution >= 0.6 is 0 Å². The number of amides is 1. The van der Waals surface area contributed by atoms with E-state index in [9.17, 15) is 4.79 Å². The molecular weight excluding hydrogens is 290 g/mol. The third-order valence-electron chi connectivity index (χ3n) is 3.92. The number of hydrogen-bond donors (Lipinski definition) is 2. The number of nitrogens with zero attached hydrogens (tertiary/aromatic N) is 3. The Labute approximate surface area is 135 Å². The van der Waals surface area contributed by atoms with E-state index in [0.717, 1.165) is 30.6 Å². The average Bonchev–Trinajstić information content (AvgIpc) is 2.59. The van der Waals surface area contributed by atoms with Crippen molar-refractivity contribution in [2.24, 2.45) is 11.7 Å². The van der Waals surface area contributed by atoms with Crippen molar-refractivity contribution in [3.05, 3.63) is 41.6 Å². The second kappa shape index (κ2) is 7.86. The van der Waals surface area contributed by atoms with Gasteiger partial charge in [0, 0.05) is 31.5 Å². The van der Waals surface area contributed by atoms with Gasteiger partial charge in [0.25, 0.3) is 0 Å². The molecule has 1 fully saturated rings. The third kappa shape index (κ3) is 4.49. The average molecular weight is 309 g/mol. The topological polar surface area (TPSA) is 106 Å². The minimum absolute atomic E-state index is 0.0485. The Balaban J connectivity index is 1.94. The van der Waals surface area contributed by atoms with Crippen LogP contribution in [0.3, 0.4) is 0 Å². The first-order valence-electron chi connectivity index (χ1n) is 7.51. The molecule has 0 spiro atoms. The van der Waals surface area contributed by atoms with Crippen LogP contribution in [0.4, 0.5) is 5.69 Å². The van der Waals surface area contributed by atoms with Gasteiger partial charge in [0.05, 0.1) is 5.92 Å². The highest BCUT2D eigenvalue weighted by atomic mass is 16.1. The summed E-state index contributed by atoms with van der Waals surface area (Å²) in [5.74, 6) is -0.307. The first-order chi connectivity index (χ1) is 11.1. The molecule has 1 saturated heterocycles. The van der Waals surface area contributed by atoms with Crippen LogP contribution in [0.1, 0.15) is 18.4 Å². The smallest absolute Gasteiger partial charge is 0.222 e. The number of nitrogens with one attached hydrogen (secondary N) is 1. The van der Waals surface area contributed by atoms with Gasteiger partial charge < -0.3 is 16.0 Å². The monoisotopic (exact) mass is 309 g/mol. The van der Waals surface area contributed by atoms with E-state index in [2.05, 4.69) is 10.2 Å². The molecule has 6 nitrogen and oxygen atoms in total. The molecule has 23 heavy (non-hydrogen) atoms. The zero-order valence-corrected chi connectivity index (χ0v) is 12.8. The van der Waals surface area contributed by atoms with Gasteiger partial charge in [-0.15, -0.1) is 0 Å². The number of primary amides is 1. The van der Waals surface area contributed by atoms with Crippen LogP contribution in [0.5, 0.6) is 0 Å². The van der Waals surface area contributed by atoms with Gasteiger partial charge in [-0.3, -0.25) is 4.79 Å². The minimum Gasteiger partial charge on any atom is -0.385 e. The normalized spacial score (nSPS) is 16.8. The van der Waals surface area contributed by atoms with E-state index < -0.39 is 0 Å². The molecule has 118 valence electrons. The summed E-state index contributed by atoms with van der Waals surface area (Å²) in [6.45, 7) is 2.14. The Bertz CT molecular complexity index is 650. The zero-order chi connectivity index (χ0) is 16.7. The number of carbonyl (C=O) groups is 1. The standard InChI is InChI=1S/C17H19N5O/c18-8-14(9-19)11-21-10-13-3-5-16(6-4-13)22-7-1-2-15(12-22)17(20)23/h3-6,11,15,21H,1-2,7,10,12H2,(H2,20,23). The number of hydrogen-bond acceptors (Lipinski definition) is 5. The van der Waals surface area contributed by atoms with Crippen molar-refractivity contribution in [2.45, 2.75) is 19.4 Å². The predicted molar refractivity (Wildman–Crippen MR) is 86.7 cm³/mol. The Morgan fingerprint density at radius 2 is 2.04 bits per heavy atom. The summed E-state index contributed by atoms with van der Waals surface area (Å²) >= 11 is 0. The molecule has 2 rings (SSSR count). The number of carbonyl (C=O) groups excluding carboxylic acids is 1. The van der Waals surface area contributed by atoms with E-state index in [1.807, 2.05) is 24.3 Å². The van der Waals surface area contributed by atoms with Gasteiger partial charge in [0.1, 0.15) is 17.7 Å². The van der Waals surface area contributed by atoms with Crippen molar-refractivity contribution in [1.29, 1.82) is 10.5 Å². The van der Waals surface area contributed by atoms with Crippen molar-refractivity contribution >= 4 is 11.6 Å². The second-order valence-electron chi connectivity index (χ2n) is 5.52. The molecule has 1 aromatic rings. The molecule has 0 bridgehead atoms. The molecule has 1 aliphatic rings. The quantitative estimate of drug-likeness (QED) is 0.800. The highest BCUT2D eigenvalue weighted by molar-refractivity contribution is 5.77. The van der Waals surface area contributed by atoms with Gasteiger partial charge in [-0.1, -0.05) is 12.1 Å². The molecule has 1 heterocycles. The number of nitrogens with two attached hydrogens (primary N) is 1. The molecule has 1 unspecified atom stereocenters. The number of nitriles is 2. The second-order valence-corrected chi connectivity index (χ2v) is 5.52. The van der Waals surface area contributed by atoms with Gasteiger partial charge in [-0.25, -0.2) is 0 Å². The lowest BCUT2D eigenvalue weighted by molar-refractivity contribution is -0.122. The molecule has 0 saturated carbocycles. The first-order valence-corrected chi connectivity index (χ1v) is 7.51. The molecule has 1 amide bonds. The van der Waals surface area contributed by atoms with Gasteiger partial charge in [-0.2, -0.15) is 10.5 Å². The van der Waals surface area contributed by atoms with Crippen LogP contribution in [0.2, 0.25) is 0 Å². The maximum Gasteiger partial charge on any atom is 0.222 e. The lowest BCUT2D eigenvalue weighted by atomic mass is 9.97. The Kier molecular flexibility index (Phi) is 5.60. The van der Waals surface area contributed by atoms with E-state index in [1.165, 1.54) is 6.20 Å². The third-order valence-corrected chi connectivity index (χ3v) is 3.92. The molecular formula is C17H19N5O. The number of allylic oxidation sites excluding steroid dienone is 1. The zero-order valence-electron chi connectivity index (χ0n) is 12.8. The van der Waals surface area contributed by atoms with E-state index in [1.54, 1.807) is 12.1 Å². The van der Waals surface area contributed by atoms with Crippen LogP contribution in [0.25, 0.3) is 0 Å². The van der Waals surface area contributed by atoms with Gasteiger partial charge in [0.2, 0.25) is 5.91 Å². The number of piperidine rings is 1. The fourth-order valence-electron chi connectivity index (χ4n) is 2.63. The van der Waals surface area contributed by atoms with Crippen molar-refractivity contribution in [3.63, 3.8) is 0 Å². The van der Waals surface area contributed by atoms with Gasteiger partial charge >= 0.3 is 0 Å². The largest absolute Gasteiger partial charge is 0.385 e. The summed E-state index contributed by atoms with van der Waals surface area (Å²) in [7, 11) is 0. The Morgan fingerprint density at radius 1 is 1.35 bits per heavy atom. The summed E-state index contributed by atoms with van der Waals surface area (Å²) in [6, 6.07) is 11.6. The van der Waals surface area contributed by atoms with Gasteiger partial charge in [0.15, 0.2) is 0 Å². The Hall–Kier alpha value is -2.99.